The Balaban J connectivity index is 2.09. The number of hydrogen-bond acceptors (Lipinski definition) is 1. The molecule has 2 aliphatic rings. The fourth-order valence-electron chi connectivity index (χ4n) is 2.61. The predicted octanol–water partition coefficient (Wildman–Crippen LogP) is 4.21. The van der Waals surface area contributed by atoms with Crippen LogP contribution in [0.3, 0.4) is 0 Å². The third-order valence-corrected chi connectivity index (χ3v) is 5.02. The van der Waals surface area contributed by atoms with Crippen molar-refractivity contribution in [1.82, 2.24) is 0 Å². The molecular weight excluding hydrogens is 200 g/mol. The molecule has 0 aromatic heterocycles. The first-order chi connectivity index (χ1) is 7.25. The Morgan fingerprint density at radius 3 is 2.87 bits per heavy atom. The van der Waals surface area contributed by atoms with Gasteiger partial charge in [-0.25, -0.2) is 0 Å². The van der Waals surface area contributed by atoms with Crippen molar-refractivity contribution >= 4 is 11.8 Å². The minimum atomic E-state index is 0.718. The Morgan fingerprint density at radius 1 is 1.20 bits per heavy atom. The third-order valence-electron chi connectivity index (χ3n) is 3.66. The van der Waals surface area contributed by atoms with E-state index in [2.05, 4.69) is 49.9 Å². The lowest BCUT2D eigenvalue weighted by atomic mass is 9.86. The van der Waals surface area contributed by atoms with Gasteiger partial charge in [0.1, 0.15) is 0 Å². The largest absolute Gasteiger partial charge is 0.118 e. The van der Waals surface area contributed by atoms with E-state index in [0.717, 1.165) is 11.2 Å². The van der Waals surface area contributed by atoms with E-state index in [-0.39, 0.29) is 0 Å². The molecule has 2 unspecified atom stereocenters. The van der Waals surface area contributed by atoms with E-state index in [1.54, 1.807) is 5.56 Å². The number of rotatable bonds is 0. The minimum Gasteiger partial charge on any atom is -0.118 e. The number of benzene rings is 1. The molecular formula is C14H16S. The maximum atomic E-state index is 2.42. The van der Waals surface area contributed by atoms with E-state index in [1.165, 1.54) is 28.9 Å². The van der Waals surface area contributed by atoms with Crippen molar-refractivity contribution in [3.63, 3.8) is 0 Å². The first-order valence-electron chi connectivity index (χ1n) is 5.70. The highest BCUT2D eigenvalue weighted by atomic mass is 32.2. The summed E-state index contributed by atoms with van der Waals surface area (Å²) >= 11 is 2.06. The molecule has 0 fully saturated rings. The smallest absolute Gasteiger partial charge is 0.0343 e. The molecule has 15 heavy (non-hydrogen) atoms. The predicted molar refractivity (Wildman–Crippen MR) is 66.7 cm³/mol. The zero-order chi connectivity index (χ0) is 10.4. The monoisotopic (exact) mass is 216 g/mol. The SMILES string of the molecule is Cc1cc2c(cc1C)C1CCC=CC1S2. The fourth-order valence-corrected chi connectivity index (χ4v) is 4.13. The lowest BCUT2D eigenvalue weighted by molar-refractivity contribution is 0.633. The Kier molecular flexibility index (Phi) is 2.17. The highest BCUT2D eigenvalue weighted by Gasteiger charge is 2.32. The van der Waals surface area contributed by atoms with E-state index in [0.29, 0.717) is 0 Å². The maximum Gasteiger partial charge on any atom is 0.0343 e. The van der Waals surface area contributed by atoms with Crippen LogP contribution < -0.4 is 0 Å². The molecule has 1 aliphatic heterocycles. The first-order valence-corrected chi connectivity index (χ1v) is 6.58. The van der Waals surface area contributed by atoms with Gasteiger partial charge in [-0.15, -0.1) is 11.8 Å². The standard InChI is InChI=1S/C14H16S/c1-9-7-12-11-5-3-4-6-13(11)15-14(12)8-10(9)2/h4,6-8,11,13H,3,5H2,1-2H3. The average molecular weight is 216 g/mol. The van der Waals surface area contributed by atoms with Gasteiger partial charge in [0, 0.05) is 16.1 Å². The Morgan fingerprint density at radius 2 is 2.00 bits per heavy atom. The van der Waals surface area contributed by atoms with Crippen LogP contribution in [0.25, 0.3) is 0 Å². The number of allylic oxidation sites excluding steroid dienone is 1. The fraction of sp³-hybridized carbons (Fsp3) is 0.429. The van der Waals surface area contributed by atoms with E-state index in [1.807, 2.05) is 0 Å². The van der Waals surface area contributed by atoms with Gasteiger partial charge in [-0.3, -0.25) is 0 Å². The van der Waals surface area contributed by atoms with Gasteiger partial charge in [0.05, 0.1) is 0 Å². The van der Waals surface area contributed by atoms with Gasteiger partial charge in [0.15, 0.2) is 0 Å². The molecule has 1 heterocycles. The average Bonchev–Trinajstić information content (AvgIpc) is 2.57. The molecule has 1 aliphatic carbocycles. The second-order valence-corrected chi connectivity index (χ2v) is 5.89. The van der Waals surface area contributed by atoms with Gasteiger partial charge in [-0.1, -0.05) is 18.2 Å². The summed E-state index contributed by atoms with van der Waals surface area (Å²) in [6, 6.07) is 4.79. The lowest BCUT2D eigenvalue weighted by Gasteiger charge is -2.19. The summed E-state index contributed by atoms with van der Waals surface area (Å²) in [5.41, 5.74) is 4.49. The van der Waals surface area contributed by atoms with Crippen LogP contribution in [0.15, 0.2) is 29.2 Å². The minimum absolute atomic E-state index is 0.718. The zero-order valence-corrected chi connectivity index (χ0v) is 10.1. The molecule has 1 aromatic rings. The van der Waals surface area contributed by atoms with Gasteiger partial charge in [0.25, 0.3) is 0 Å². The van der Waals surface area contributed by atoms with Crippen LogP contribution in [0.1, 0.15) is 35.4 Å². The van der Waals surface area contributed by atoms with Gasteiger partial charge in [-0.05, 0) is 49.4 Å². The third kappa shape index (κ3) is 1.45. The van der Waals surface area contributed by atoms with Gasteiger partial charge in [-0.2, -0.15) is 0 Å². The summed E-state index contributed by atoms with van der Waals surface area (Å²) in [6.07, 6.45) is 7.35. The molecule has 0 N–H and O–H groups in total. The van der Waals surface area contributed by atoms with Crippen LogP contribution in [0, 0.1) is 13.8 Å². The van der Waals surface area contributed by atoms with Crippen molar-refractivity contribution in [2.45, 2.75) is 42.8 Å². The molecule has 0 radical (unpaired) electrons. The highest BCUT2D eigenvalue weighted by molar-refractivity contribution is 8.00. The second kappa shape index (κ2) is 3.41. The van der Waals surface area contributed by atoms with Crippen LogP contribution in [-0.2, 0) is 0 Å². The quantitative estimate of drug-likeness (QED) is 0.585. The maximum absolute atomic E-state index is 2.42. The van der Waals surface area contributed by atoms with Gasteiger partial charge >= 0.3 is 0 Å². The highest BCUT2D eigenvalue weighted by Crippen LogP contribution is 2.50. The van der Waals surface area contributed by atoms with Crippen molar-refractivity contribution in [3.8, 4) is 0 Å². The molecule has 1 heteroatoms. The van der Waals surface area contributed by atoms with Gasteiger partial charge < -0.3 is 0 Å². The summed E-state index contributed by atoms with van der Waals surface area (Å²) in [7, 11) is 0. The van der Waals surface area contributed by atoms with Crippen LogP contribution in [-0.4, -0.2) is 5.25 Å². The van der Waals surface area contributed by atoms with Crippen molar-refractivity contribution in [3.05, 3.63) is 41.0 Å². The topological polar surface area (TPSA) is 0 Å². The van der Waals surface area contributed by atoms with Crippen LogP contribution in [0.5, 0.6) is 0 Å². The molecule has 0 bridgehead atoms. The molecule has 0 saturated heterocycles. The summed E-state index contributed by atoms with van der Waals surface area (Å²) in [4.78, 5) is 1.53. The Hall–Kier alpha value is -0.690. The molecule has 0 nitrogen and oxygen atoms in total. The van der Waals surface area contributed by atoms with Crippen LogP contribution in [0.4, 0.5) is 0 Å². The summed E-state index contributed by atoms with van der Waals surface area (Å²) in [6.45, 7) is 4.44. The second-order valence-electron chi connectivity index (χ2n) is 4.67. The van der Waals surface area contributed by atoms with Crippen molar-refractivity contribution < 1.29 is 0 Å². The molecule has 1 aromatic carbocycles. The molecule has 0 amide bonds. The molecule has 2 atom stereocenters. The molecule has 78 valence electrons. The van der Waals surface area contributed by atoms with Crippen LogP contribution >= 0.6 is 11.8 Å². The van der Waals surface area contributed by atoms with Crippen molar-refractivity contribution in [2.75, 3.05) is 0 Å². The summed E-state index contributed by atoms with van der Waals surface area (Å²) in [5, 5.41) is 0.718. The van der Waals surface area contributed by atoms with Crippen molar-refractivity contribution in [1.29, 1.82) is 0 Å². The molecule has 0 spiro atoms. The number of thioether (sulfide) groups is 1. The Bertz CT molecular complexity index is 431. The van der Waals surface area contributed by atoms with E-state index < -0.39 is 0 Å². The molecule has 3 rings (SSSR count). The first kappa shape index (κ1) is 9.53. The summed E-state index contributed by atoms with van der Waals surface area (Å²) in [5.74, 6) is 0.786. The summed E-state index contributed by atoms with van der Waals surface area (Å²) < 4.78 is 0. The number of fused-ring (bicyclic) bond motifs is 3. The van der Waals surface area contributed by atoms with Crippen LogP contribution in [0.2, 0.25) is 0 Å². The van der Waals surface area contributed by atoms with Gasteiger partial charge in [0.2, 0.25) is 0 Å². The molecule has 0 saturated carbocycles. The Labute approximate surface area is 95.8 Å². The van der Waals surface area contributed by atoms with E-state index >= 15 is 0 Å². The van der Waals surface area contributed by atoms with Crippen molar-refractivity contribution in [2.24, 2.45) is 0 Å². The van der Waals surface area contributed by atoms with E-state index in [4.69, 9.17) is 0 Å². The number of hydrogen-bond donors (Lipinski definition) is 0. The number of aryl methyl sites for hydroxylation is 2. The lowest BCUT2D eigenvalue weighted by Crippen LogP contribution is -2.10. The normalized spacial score (nSPS) is 27.6. The van der Waals surface area contributed by atoms with E-state index in [9.17, 15) is 0 Å². The zero-order valence-electron chi connectivity index (χ0n) is 9.29.